The van der Waals surface area contributed by atoms with Crippen LogP contribution in [0.4, 0.5) is 0 Å². The first-order valence-electron chi connectivity index (χ1n) is 5.94. The van der Waals surface area contributed by atoms with Crippen LogP contribution in [0.15, 0.2) is 23.1 Å². The van der Waals surface area contributed by atoms with Gasteiger partial charge in [0.15, 0.2) is 0 Å². The van der Waals surface area contributed by atoms with E-state index < -0.39 is 16.0 Å². The van der Waals surface area contributed by atoms with Crippen molar-refractivity contribution in [2.24, 2.45) is 0 Å². The number of aliphatic hydroxyl groups is 1. The number of nitrogens with one attached hydrogen (secondary N) is 1. The number of rotatable bonds is 7. The van der Waals surface area contributed by atoms with Crippen molar-refractivity contribution in [3.8, 4) is 0 Å². The summed E-state index contributed by atoms with van der Waals surface area (Å²) in [5, 5.41) is 17.6. The van der Waals surface area contributed by atoms with Gasteiger partial charge in [-0.1, -0.05) is 11.6 Å². The maximum absolute atomic E-state index is 12.1. The molecule has 0 aliphatic heterocycles. The fourth-order valence-electron chi connectivity index (χ4n) is 1.62. The number of hydrogen-bond acceptors (Lipinski definition) is 4. The Morgan fingerprint density at radius 1 is 1.45 bits per heavy atom. The molecule has 0 aliphatic rings. The lowest BCUT2D eigenvalue weighted by molar-refractivity contribution is 0.0697. The molecule has 0 bridgehead atoms. The van der Waals surface area contributed by atoms with Gasteiger partial charge in [0.1, 0.15) is 0 Å². The highest BCUT2D eigenvalue weighted by molar-refractivity contribution is 7.89. The number of halogens is 1. The van der Waals surface area contributed by atoms with Crippen LogP contribution in [0.5, 0.6) is 0 Å². The van der Waals surface area contributed by atoms with Crippen molar-refractivity contribution in [3.05, 3.63) is 28.8 Å². The number of carbonyl (C=O) groups is 1. The Morgan fingerprint density at radius 3 is 2.65 bits per heavy atom. The van der Waals surface area contributed by atoms with E-state index in [1.807, 2.05) is 0 Å². The molecule has 20 heavy (non-hydrogen) atoms. The van der Waals surface area contributed by atoms with Crippen LogP contribution in [0.1, 0.15) is 30.1 Å². The van der Waals surface area contributed by atoms with Gasteiger partial charge in [-0.2, -0.15) is 0 Å². The van der Waals surface area contributed by atoms with E-state index in [0.29, 0.717) is 12.8 Å². The Hall–Kier alpha value is -1.15. The van der Waals surface area contributed by atoms with E-state index in [-0.39, 0.29) is 28.1 Å². The molecule has 0 heterocycles. The van der Waals surface area contributed by atoms with E-state index in [2.05, 4.69) is 4.72 Å². The summed E-state index contributed by atoms with van der Waals surface area (Å²) in [6, 6.07) is 3.13. The van der Waals surface area contributed by atoms with Gasteiger partial charge in [0.05, 0.1) is 15.5 Å². The third kappa shape index (κ3) is 4.45. The van der Waals surface area contributed by atoms with E-state index in [0.717, 1.165) is 6.07 Å². The molecule has 0 amide bonds. The van der Waals surface area contributed by atoms with E-state index in [4.69, 9.17) is 21.8 Å². The average molecular weight is 322 g/mol. The van der Waals surface area contributed by atoms with Gasteiger partial charge >= 0.3 is 5.97 Å². The number of aliphatic hydroxyl groups excluding tert-OH is 1. The van der Waals surface area contributed by atoms with Gasteiger partial charge in [-0.05, 0) is 38.0 Å². The zero-order valence-electron chi connectivity index (χ0n) is 10.8. The fourth-order valence-corrected chi connectivity index (χ4v) is 3.13. The minimum Gasteiger partial charge on any atom is -0.478 e. The average Bonchev–Trinajstić information content (AvgIpc) is 2.35. The van der Waals surface area contributed by atoms with Gasteiger partial charge in [-0.25, -0.2) is 17.9 Å². The fraction of sp³-hybridized carbons (Fsp3) is 0.417. The quantitative estimate of drug-likeness (QED) is 0.705. The van der Waals surface area contributed by atoms with Crippen LogP contribution in [-0.4, -0.2) is 37.2 Å². The molecule has 8 heteroatoms. The molecule has 1 unspecified atom stereocenters. The molecule has 6 nitrogen and oxygen atoms in total. The number of aromatic carboxylic acids is 1. The monoisotopic (exact) mass is 321 g/mol. The lowest BCUT2D eigenvalue weighted by Crippen LogP contribution is -2.32. The minimum atomic E-state index is -3.82. The molecule has 0 spiro atoms. The van der Waals surface area contributed by atoms with E-state index >= 15 is 0 Å². The molecular weight excluding hydrogens is 306 g/mol. The van der Waals surface area contributed by atoms with Crippen LogP contribution in [-0.2, 0) is 10.0 Å². The van der Waals surface area contributed by atoms with Gasteiger partial charge in [0, 0.05) is 12.6 Å². The van der Waals surface area contributed by atoms with E-state index in [1.165, 1.54) is 12.1 Å². The summed E-state index contributed by atoms with van der Waals surface area (Å²) in [5.41, 5.74) is -0.266. The minimum absolute atomic E-state index is 0.0177. The first-order valence-corrected chi connectivity index (χ1v) is 7.80. The van der Waals surface area contributed by atoms with E-state index in [1.54, 1.807) is 6.92 Å². The summed E-state index contributed by atoms with van der Waals surface area (Å²) < 4.78 is 26.6. The second-order valence-electron chi connectivity index (χ2n) is 4.33. The molecule has 0 aromatic heterocycles. The highest BCUT2D eigenvalue weighted by atomic mass is 35.5. The molecule has 3 N–H and O–H groups in total. The molecule has 0 saturated carbocycles. The van der Waals surface area contributed by atoms with Crippen LogP contribution in [0.25, 0.3) is 0 Å². The Kier molecular flexibility index (Phi) is 5.94. The number of sulfonamides is 1. The molecule has 0 radical (unpaired) electrons. The number of benzene rings is 1. The van der Waals surface area contributed by atoms with Crippen molar-refractivity contribution >= 4 is 27.6 Å². The number of carboxylic acids is 1. The van der Waals surface area contributed by atoms with Crippen molar-refractivity contribution in [3.63, 3.8) is 0 Å². The standard InChI is InChI=1S/C12H16ClNO5S/c1-8(3-2-6-15)14-20(18,19)9-4-5-11(13)10(7-9)12(16)17/h4-5,7-8,14-15H,2-3,6H2,1H3,(H,16,17). The molecular formula is C12H16ClNO5S. The van der Waals surface area contributed by atoms with Gasteiger partial charge in [-0.3, -0.25) is 0 Å². The maximum atomic E-state index is 12.1. The lowest BCUT2D eigenvalue weighted by atomic mass is 10.2. The first kappa shape index (κ1) is 16.9. The van der Waals surface area contributed by atoms with Crippen LogP contribution in [0.2, 0.25) is 5.02 Å². The van der Waals surface area contributed by atoms with E-state index in [9.17, 15) is 13.2 Å². The highest BCUT2D eigenvalue weighted by Crippen LogP contribution is 2.20. The molecule has 1 rings (SSSR count). The number of carboxylic acid groups (broad SMARTS) is 1. The van der Waals surface area contributed by atoms with Crippen molar-refractivity contribution in [1.29, 1.82) is 0 Å². The highest BCUT2D eigenvalue weighted by Gasteiger charge is 2.20. The smallest absolute Gasteiger partial charge is 0.337 e. The summed E-state index contributed by atoms with van der Waals surface area (Å²) in [6.07, 6.45) is 0.958. The second-order valence-corrected chi connectivity index (χ2v) is 6.46. The predicted molar refractivity (Wildman–Crippen MR) is 74.5 cm³/mol. The van der Waals surface area contributed by atoms with Crippen molar-refractivity contribution in [1.82, 2.24) is 4.72 Å². The van der Waals surface area contributed by atoms with Gasteiger partial charge in [-0.15, -0.1) is 0 Å². The van der Waals surface area contributed by atoms with Crippen LogP contribution in [0.3, 0.4) is 0 Å². The molecule has 112 valence electrons. The third-order valence-corrected chi connectivity index (χ3v) is 4.55. The van der Waals surface area contributed by atoms with Gasteiger partial charge in [0.2, 0.25) is 10.0 Å². The summed E-state index contributed by atoms with van der Waals surface area (Å²) in [7, 11) is -3.82. The topological polar surface area (TPSA) is 104 Å². The lowest BCUT2D eigenvalue weighted by Gasteiger charge is -2.14. The van der Waals surface area contributed by atoms with Crippen LogP contribution < -0.4 is 4.72 Å². The van der Waals surface area contributed by atoms with Crippen LogP contribution >= 0.6 is 11.6 Å². The normalized spacial score (nSPS) is 13.2. The Morgan fingerprint density at radius 2 is 2.10 bits per heavy atom. The summed E-state index contributed by atoms with van der Waals surface area (Å²) >= 11 is 5.69. The van der Waals surface area contributed by atoms with Gasteiger partial charge < -0.3 is 10.2 Å². The Labute approximate surface area is 122 Å². The van der Waals surface area contributed by atoms with Gasteiger partial charge in [0.25, 0.3) is 0 Å². The van der Waals surface area contributed by atoms with Crippen LogP contribution in [0, 0.1) is 0 Å². The Bertz CT molecular complexity index is 588. The first-order chi connectivity index (χ1) is 9.27. The number of hydrogen-bond donors (Lipinski definition) is 3. The summed E-state index contributed by atoms with van der Waals surface area (Å²) in [5.74, 6) is -1.29. The molecule has 1 aromatic rings. The van der Waals surface area contributed by atoms with Crippen molar-refractivity contribution in [2.45, 2.75) is 30.7 Å². The predicted octanol–water partition coefficient (Wildman–Crippen LogP) is 1.48. The SMILES string of the molecule is CC(CCCO)NS(=O)(=O)c1ccc(Cl)c(C(=O)O)c1. The molecule has 0 fully saturated rings. The molecule has 1 atom stereocenters. The molecule has 1 aromatic carbocycles. The second kappa shape index (κ2) is 7.03. The van der Waals surface area contributed by atoms with Crippen molar-refractivity contribution < 1.29 is 23.4 Å². The largest absolute Gasteiger partial charge is 0.478 e. The maximum Gasteiger partial charge on any atom is 0.337 e. The summed E-state index contributed by atoms with van der Waals surface area (Å²) in [6.45, 7) is 1.65. The molecule has 0 aliphatic carbocycles. The zero-order chi connectivity index (χ0) is 15.3. The van der Waals surface area contributed by atoms with Crippen molar-refractivity contribution in [2.75, 3.05) is 6.61 Å². The zero-order valence-corrected chi connectivity index (χ0v) is 12.4. The third-order valence-electron chi connectivity index (χ3n) is 2.63. The summed E-state index contributed by atoms with van der Waals surface area (Å²) in [4.78, 5) is 10.8. The molecule has 0 saturated heterocycles. The Balaban J connectivity index is 2.98.